The number of thioether (sulfide) groups is 1. The molecule has 0 N–H and O–H groups in total. The minimum atomic E-state index is 0.0180. The SMILES string of the molecule is O=C(CCSc1ccccc1)N1CCC(Oc2ccc3ccccc3n2)C1. The number of para-hydroxylation sites is 1. The highest BCUT2D eigenvalue weighted by Crippen LogP contribution is 2.22. The molecule has 138 valence electrons. The molecule has 1 fully saturated rings. The van der Waals surface area contributed by atoms with Gasteiger partial charge in [-0.15, -0.1) is 11.8 Å². The van der Waals surface area contributed by atoms with Gasteiger partial charge in [0, 0.05) is 41.5 Å². The molecule has 0 bridgehead atoms. The van der Waals surface area contributed by atoms with Crippen molar-refractivity contribution >= 4 is 28.6 Å². The van der Waals surface area contributed by atoms with Gasteiger partial charge in [-0.25, -0.2) is 4.98 Å². The van der Waals surface area contributed by atoms with Crippen molar-refractivity contribution in [2.75, 3.05) is 18.8 Å². The molecule has 3 aromatic rings. The monoisotopic (exact) mass is 378 g/mol. The number of aromatic nitrogens is 1. The van der Waals surface area contributed by atoms with Crippen LogP contribution in [0.1, 0.15) is 12.8 Å². The molecule has 0 spiro atoms. The van der Waals surface area contributed by atoms with Crippen molar-refractivity contribution in [3.8, 4) is 5.88 Å². The summed E-state index contributed by atoms with van der Waals surface area (Å²) in [6.45, 7) is 1.40. The number of hydrogen-bond acceptors (Lipinski definition) is 4. The van der Waals surface area contributed by atoms with Crippen LogP contribution in [-0.2, 0) is 4.79 Å². The smallest absolute Gasteiger partial charge is 0.223 e. The maximum Gasteiger partial charge on any atom is 0.223 e. The van der Waals surface area contributed by atoms with Crippen LogP contribution in [0.15, 0.2) is 71.6 Å². The average molecular weight is 378 g/mol. The maximum absolute atomic E-state index is 12.4. The Kier molecular flexibility index (Phi) is 5.58. The predicted octanol–water partition coefficient (Wildman–Crippen LogP) is 4.40. The number of rotatable bonds is 6. The lowest BCUT2D eigenvalue weighted by Gasteiger charge is -2.17. The van der Waals surface area contributed by atoms with Crippen molar-refractivity contribution in [1.82, 2.24) is 9.88 Å². The number of carbonyl (C=O) groups excluding carboxylic acids is 1. The van der Waals surface area contributed by atoms with Gasteiger partial charge in [-0.2, -0.15) is 0 Å². The first-order valence-electron chi connectivity index (χ1n) is 9.26. The summed E-state index contributed by atoms with van der Waals surface area (Å²) in [7, 11) is 0. The highest BCUT2D eigenvalue weighted by Gasteiger charge is 2.27. The lowest BCUT2D eigenvalue weighted by molar-refractivity contribution is -0.129. The molecule has 0 radical (unpaired) electrons. The maximum atomic E-state index is 12.4. The predicted molar refractivity (Wildman–Crippen MR) is 109 cm³/mol. The molecule has 2 heterocycles. The zero-order valence-corrected chi connectivity index (χ0v) is 15.9. The Labute approximate surface area is 163 Å². The van der Waals surface area contributed by atoms with Gasteiger partial charge in [-0.05, 0) is 24.3 Å². The molecule has 1 aromatic heterocycles. The Hall–Kier alpha value is -2.53. The molecule has 1 aliphatic rings. The molecule has 4 nitrogen and oxygen atoms in total. The van der Waals surface area contributed by atoms with Crippen molar-refractivity contribution in [3.05, 3.63) is 66.7 Å². The largest absolute Gasteiger partial charge is 0.472 e. The topological polar surface area (TPSA) is 42.4 Å². The number of benzene rings is 2. The van der Waals surface area contributed by atoms with E-state index in [-0.39, 0.29) is 12.0 Å². The third-order valence-corrected chi connectivity index (χ3v) is 5.70. The van der Waals surface area contributed by atoms with Gasteiger partial charge in [0.25, 0.3) is 0 Å². The summed E-state index contributed by atoms with van der Waals surface area (Å²) < 4.78 is 6.03. The Balaban J connectivity index is 1.27. The number of hydrogen-bond donors (Lipinski definition) is 0. The van der Waals surface area contributed by atoms with E-state index in [9.17, 15) is 4.79 Å². The van der Waals surface area contributed by atoms with Crippen molar-refractivity contribution < 1.29 is 9.53 Å². The van der Waals surface area contributed by atoms with Crippen LogP contribution in [0.25, 0.3) is 10.9 Å². The second-order valence-corrected chi connectivity index (χ2v) is 7.79. The van der Waals surface area contributed by atoms with E-state index >= 15 is 0 Å². The van der Waals surface area contributed by atoms with Crippen LogP contribution in [0.2, 0.25) is 0 Å². The van der Waals surface area contributed by atoms with Gasteiger partial charge in [-0.1, -0.05) is 36.4 Å². The lowest BCUT2D eigenvalue weighted by atomic mass is 10.2. The third-order valence-electron chi connectivity index (χ3n) is 4.69. The summed E-state index contributed by atoms with van der Waals surface area (Å²) in [5, 5.41) is 1.10. The van der Waals surface area contributed by atoms with E-state index in [4.69, 9.17) is 4.74 Å². The first kappa shape index (κ1) is 17.9. The molecule has 0 aliphatic carbocycles. The van der Waals surface area contributed by atoms with Gasteiger partial charge in [-0.3, -0.25) is 4.79 Å². The molecule has 1 atom stereocenters. The Morgan fingerprint density at radius 3 is 2.78 bits per heavy atom. The molecule has 1 saturated heterocycles. The number of ether oxygens (including phenoxy) is 1. The zero-order chi connectivity index (χ0) is 18.5. The summed E-state index contributed by atoms with van der Waals surface area (Å²) >= 11 is 1.72. The molecule has 2 aromatic carbocycles. The summed E-state index contributed by atoms with van der Waals surface area (Å²) in [5.41, 5.74) is 0.930. The minimum absolute atomic E-state index is 0.0180. The van der Waals surface area contributed by atoms with Crippen LogP contribution in [0.4, 0.5) is 0 Å². The quantitative estimate of drug-likeness (QED) is 0.597. The molecular formula is C22H22N2O2S. The zero-order valence-electron chi connectivity index (χ0n) is 15.1. The van der Waals surface area contributed by atoms with Crippen molar-refractivity contribution in [1.29, 1.82) is 0 Å². The minimum Gasteiger partial charge on any atom is -0.472 e. The first-order valence-corrected chi connectivity index (χ1v) is 10.2. The van der Waals surface area contributed by atoms with Gasteiger partial charge in [0.05, 0.1) is 12.1 Å². The van der Waals surface area contributed by atoms with E-state index in [0.717, 1.165) is 29.6 Å². The van der Waals surface area contributed by atoms with Crippen molar-refractivity contribution in [3.63, 3.8) is 0 Å². The third kappa shape index (κ3) is 4.61. The number of likely N-dealkylation sites (tertiary alicyclic amines) is 1. The fourth-order valence-electron chi connectivity index (χ4n) is 3.27. The second kappa shape index (κ2) is 8.44. The summed E-state index contributed by atoms with van der Waals surface area (Å²) in [5.74, 6) is 1.64. The van der Waals surface area contributed by atoms with Gasteiger partial charge in [0.2, 0.25) is 11.8 Å². The summed E-state index contributed by atoms with van der Waals surface area (Å²) in [4.78, 5) is 20.1. The molecule has 1 amide bonds. The standard InChI is InChI=1S/C22H22N2O2S/c25-22(13-15-27-19-7-2-1-3-8-19)24-14-12-18(16-24)26-21-11-10-17-6-4-5-9-20(17)23-21/h1-11,18H,12-16H2. The van der Waals surface area contributed by atoms with Gasteiger partial charge in [0.1, 0.15) is 6.10 Å². The molecule has 27 heavy (non-hydrogen) atoms. The fraction of sp³-hybridized carbons (Fsp3) is 0.273. The Morgan fingerprint density at radius 1 is 1.07 bits per heavy atom. The van der Waals surface area contributed by atoms with E-state index < -0.39 is 0 Å². The summed E-state index contributed by atoms with van der Waals surface area (Å²) in [6.07, 6.45) is 1.43. The lowest BCUT2D eigenvalue weighted by Crippen LogP contribution is -2.31. The Morgan fingerprint density at radius 2 is 1.89 bits per heavy atom. The molecule has 4 rings (SSSR count). The second-order valence-electron chi connectivity index (χ2n) is 6.62. The van der Waals surface area contributed by atoms with Crippen LogP contribution in [0, 0.1) is 0 Å². The highest BCUT2D eigenvalue weighted by atomic mass is 32.2. The van der Waals surface area contributed by atoms with Crippen molar-refractivity contribution in [2.45, 2.75) is 23.8 Å². The molecule has 0 saturated carbocycles. The van der Waals surface area contributed by atoms with Crippen molar-refractivity contribution in [2.24, 2.45) is 0 Å². The fourth-order valence-corrected chi connectivity index (χ4v) is 4.13. The van der Waals surface area contributed by atoms with E-state index in [2.05, 4.69) is 17.1 Å². The number of amides is 1. The first-order chi connectivity index (χ1) is 13.3. The molecular weight excluding hydrogens is 356 g/mol. The summed E-state index contributed by atoms with van der Waals surface area (Å²) in [6, 6.07) is 22.1. The number of pyridine rings is 1. The van der Waals surface area contributed by atoms with E-state index in [0.29, 0.717) is 18.8 Å². The van der Waals surface area contributed by atoms with Crippen LogP contribution in [0.5, 0.6) is 5.88 Å². The van der Waals surface area contributed by atoms with E-state index in [1.165, 1.54) is 4.90 Å². The van der Waals surface area contributed by atoms with Gasteiger partial charge < -0.3 is 9.64 Å². The van der Waals surface area contributed by atoms with Gasteiger partial charge in [0.15, 0.2) is 0 Å². The number of fused-ring (bicyclic) bond motifs is 1. The normalized spacial score (nSPS) is 16.6. The average Bonchev–Trinajstić information content (AvgIpc) is 3.17. The van der Waals surface area contributed by atoms with Gasteiger partial charge >= 0.3 is 0 Å². The Bertz CT molecular complexity index is 916. The van der Waals surface area contributed by atoms with Crippen LogP contribution in [0.3, 0.4) is 0 Å². The molecule has 5 heteroatoms. The van der Waals surface area contributed by atoms with E-state index in [1.54, 1.807) is 11.8 Å². The highest BCUT2D eigenvalue weighted by molar-refractivity contribution is 7.99. The molecule has 1 unspecified atom stereocenters. The van der Waals surface area contributed by atoms with Crippen LogP contribution < -0.4 is 4.74 Å². The van der Waals surface area contributed by atoms with Crippen LogP contribution in [-0.4, -0.2) is 40.7 Å². The number of carbonyl (C=O) groups is 1. The van der Waals surface area contributed by atoms with Crippen LogP contribution >= 0.6 is 11.8 Å². The van der Waals surface area contributed by atoms with E-state index in [1.807, 2.05) is 59.5 Å². The number of nitrogens with zero attached hydrogens (tertiary/aromatic N) is 2. The molecule has 1 aliphatic heterocycles.